The fourth-order valence-electron chi connectivity index (χ4n) is 7.72. The predicted molar refractivity (Wildman–Crippen MR) is 234 cm³/mol. The molecule has 3 heteroatoms. The zero-order chi connectivity index (χ0) is 39.2. The van der Waals surface area contributed by atoms with Crippen molar-refractivity contribution in [2.75, 3.05) is 0 Å². The van der Waals surface area contributed by atoms with Gasteiger partial charge in [-0.15, -0.1) is 0 Å². The van der Waals surface area contributed by atoms with Gasteiger partial charge in [-0.25, -0.2) is 4.98 Å². The molecule has 0 aliphatic carbocycles. The van der Waals surface area contributed by atoms with E-state index in [2.05, 4.69) is 178 Å². The van der Waals surface area contributed by atoms with Crippen molar-refractivity contribution < 1.29 is 5.11 Å². The number of nitrogens with zero attached hydrogens (tertiary/aromatic N) is 2. The Morgan fingerprint density at radius 2 is 1.05 bits per heavy atom. The van der Waals surface area contributed by atoms with Crippen LogP contribution in [-0.2, 0) is 10.8 Å². The molecule has 0 bridgehead atoms. The number of fused-ring (bicyclic) bond motifs is 1. The van der Waals surface area contributed by atoms with Crippen molar-refractivity contribution in [1.82, 2.24) is 9.97 Å². The monoisotopic (exact) mass is 722 g/mol. The van der Waals surface area contributed by atoms with Crippen LogP contribution in [0.25, 0.3) is 66.8 Å². The minimum atomic E-state index is -0.194. The summed E-state index contributed by atoms with van der Waals surface area (Å²) in [4.78, 5) is 10.2. The first-order chi connectivity index (χ1) is 26.1. The molecule has 278 valence electrons. The quantitative estimate of drug-likeness (QED) is 0.178. The van der Waals surface area contributed by atoms with Crippen LogP contribution >= 0.6 is 0 Å². The lowest BCUT2D eigenvalue weighted by molar-refractivity contribution is 0.476. The number of benzene rings is 5. The lowest BCUT2D eigenvalue weighted by atomic mass is 9.80. The summed E-state index contributed by atoms with van der Waals surface area (Å²) in [5.74, 6) is 0.883. The summed E-state index contributed by atoms with van der Waals surface area (Å²) in [7, 11) is 0. The van der Waals surface area contributed by atoms with Crippen LogP contribution in [0.3, 0.4) is 0 Å². The largest absolute Gasteiger partial charge is 0.506 e. The molecule has 55 heavy (non-hydrogen) atoms. The Kier molecular flexibility index (Phi) is 10.0. The Labute approximate surface area is 328 Å². The number of aromatic nitrogens is 2. The van der Waals surface area contributed by atoms with Crippen LogP contribution in [0, 0.1) is 0 Å². The average Bonchev–Trinajstić information content (AvgIpc) is 3.16. The van der Waals surface area contributed by atoms with E-state index in [0.29, 0.717) is 17.4 Å². The number of phenolic OH excluding ortho intramolecular Hbond substituents is 1. The van der Waals surface area contributed by atoms with E-state index < -0.39 is 0 Å². The summed E-state index contributed by atoms with van der Waals surface area (Å²) >= 11 is 0. The zero-order valence-electron chi connectivity index (χ0n) is 34.1. The van der Waals surface area contributed by atoms with Gasteiger partial charge in [0.2, 0.25) is 0 Å². The van der Waals surface area contributed by atoms with E-state index in [1.807, 2.05) is 18.3 Å². The molecule has 2 heterocycles. The number of pyridine rings is 2. The van der Waals surface area contributed by atoms with Gasteiger partial charge < -0.3 is 5.11 Å². The molecule has 0 atom stereocenters. The zero-order valence-corrected chi connectivity index (χ0v) is 34.1. The maximum Gasteiger partial charge on any atom is 0.142 e. The fourth-order valence-corrected chi connectivity index (χ4v) is 7.72. The summed E-state index contributed by atoms with van der Waals surface area (Å²) in [6, 6.07) is 43.5. The molecule has 0 unspecified atom stereocenters. The first kappa shape index (κ1) is 37.8. The Balaban J connectivity index is 1.46. The second kappa shape index (κ2) is 14.6. The van der Waals surface area contributed by atoms with E-state index in [-0.39, 0.29) is 16.6 Å². The Bertz CT molecular complexity index is 2470. The van der Waals surface area contributed by atoms with Gasteiger partial charge >= 0.3 is 0 Å². The normalized spacial score (nSPS) is 12.2. The molecule has 0 saturated carbocycles. The molecule has 5 aromatic carbocycles. The van der Waals surface area contributed by atoms with Crippen LogP contribution in [0.4, 0.5) is 0 Å². The van der Waals surface area contributed by atoms with Crippen LogP contribution in [0.5, 0.6) is 5.75 Å². The fraction of sp³-hybridized carbons (Fsp3) is 0.269. The van der Waals surface area contributed by atoms with E-state index in [1.54, 1.807) is 0 Å². The molecule has 0 aliphatic rings. The second-order valence-electron chi connectivity index (χ2n) is 17.7. The Hall–Kier alpha value is -5.54. The van der Waals surface area contributed by atoms with Crippen molar-refractivity contribution in [3.63, 3.8) is 0 Å². The number of hydrogen-bond acceptors (Lipinski definition) is 3. The topological polar surface area (TPSA) is 46.0 Å². The van der Waals surface area contributed by atoms with Gasteiger partial charge in [-0.05, 0) is 127 Å². The second-order valence-corrected chi connectivity index (χ2v) is 17.7. The number of phenols is 1. The van der Waals surface area contributed by atoms with Crippen LogP contribution in [0.1, 0.15) is 103 Å². The van der Waals surface area contributed by atoms with Gasteiger partial charge in [0.15, 0.2) is 0 Å². The molecule has 3 nitrogen and oxygen atoms in total. The minimum absolute atomic E-state index is 0.119. The minimum Gasteiger partial charge on any atom is -0.506 e. The standard InChI is InChI=1S/C52H54N2O/c1-32(2)42-17-14-18-43(33(3)4)49(42)40-26-38(46-28-37(23-24-53-46)36-21-19-35(20-22-36)34-15-12-11-13-16-34)25-39(27-40)47-31-45(52(8,9)10)44-29-41(51(5,6)7)30-48(55)50(44)54-47/h11-33,55H,1-10H3. The van der Waals surface area contributed by atoms with Gasteiger partial charge in [-0.3, -0.25) is 4.98 Å². The maximum atomic E-state index is 11.6. The third-order valence-corrected chi connectivity index (χ3v) is 10.8. The number of aromatic hydroxyl groups is 1. The molecular weight excluding hydrogens is 669 g/mol. The molecule has 7 rings (SSSR count). The predicted octanol–water partition coefficient (Wildman–Crippen LogP) is 14.5. The summed E-state index contributed by atoms with van der Waals surface area (Å²) in [6.07, 6.45) is 1.92. The number of rotatable bonds is 7. The molecule has 0 saturated heterocycles. The van der Waals surface area contributed by atoms with Crippen LogP contribution in [0.2, 0.25) is 0 Å². The van der Waals surface area contributed by atoms with E-state index in [1.165, 1.54) is 27.8 Å². The first-order valence-electron chi connectivity index (χ1n) is 19.7. The SMILES string of the molecule is CC(C)c1cccc(C(C)C)c1-c1cc(-c2cc(-c3ccc(-c4ccccc4)cc3)ccn2)cc(-c2cc(C(C)(C)C)c3cc(C(C)(C)C)cc(O)c3n2)c1. The van der Waals surface area contributed by atoms with Crippen molar-refractivity contribution in [2.45, 2.75) is 91.9 Å². The van der Waals surface area contributed by atoms with E-state index in [0.717, 1.165) is 55.7 Å². The molecule has 0 radical (unpaired) electrons. The highest BCUT2D eigenvalue weighted by atomic mass is 16.3. The third-order valence-electron chi connectivity index (χ3n) is 10.8. The van der Waals surface area contributed by atoms with Gasteiger partial charge in [-0.1, -0.05) is 142 Å². The van der Waals surface area contributed by atoms with Crippen molar-refractivity contribution in [1.29, 1.82) is 0 Å². The van der Waals surface area contributed by atoms with Crippen molar-refractivity contribution >= 4 is 10.9 Å². The lowest BCUT2D eigenvalue weighted by Gasteiger charge is -2.26. The maximum absolute atomic E-state index is 11.6. The summed E-state index contributed by atoms with van der Waals surface area (Å²) in [6.45, 7) is 22.4. The van der Waals surface area contributed by atoms with Gasteiger partial charge in [0.25, 0.3) is 0 Å². The molecule has 0 aliphatic heterocycles. The number of hydrogen-bond donors (Lipinski definition) is 1. The van der Waals surface area contributed by atoms with Crippen molar-refractivity contribution in [3.8, 4) is 61.6 Å². The van der Waals surface area contributed by atoms with Gasteiger partial charge in [0.1, 0.15) is 11.3 Å². The van der Waals surface area contributed by atoms with Gasteiger partial charge in [0, 0.05) is 22.7 Å². The molecule has 7 aromatic rings. The Morgan fingerprint density at radius 1 is 0.491 bits per heavy atom. The highest BCUT2D eigenvalue weighted by Crippen LogP contribution is 2.43. The molecule has 0 amide bonds. The highest BCUT2D eigenvalue weighted by Gasteiger charge is 2.25. The van der Waals surface area contributed by atoms with Crippen molar-refractivity contribution in [2.24, 2.45) is 0 Å². The van der Waals surface area contributed by atoms with Crippen LogP contribution in [0.15, 0.2) is 128 Å². The van der Waals surface area contributed by atoms with E-state index in [4.69, 9.17) is 9.97 Å². The van der Waals surface area contributed by atoms with Crippen LogP contribution in [-0.4, -0.2) is 15.1 Å². The van der Waals surface area contributed by atoms with Crippen LogP contribution < -0.4 is 0 Å². The molecule has 0 fully saturated rings. The summed E-state index contributed by atoms with van der Waals surface area (Å²) in [5, 5.41) is 12.6. The smallest absolute Gasteiger partial charge is 0.142 e. The highest BCUT2D eigenvalue weighted by molar-refractivity contribution is 5.92. The Morgan fingerprint density at radius 3 is 1.64 bits per heavy atom. The average molecular weight is 723 g/mol. The third kappa shape index (κ3) is 7.71. The van der Waals surface area contributed by atoms with Gasteiger partial charge in [0.05, 0.1) is 11.4 Å². The van der Waals surface area contributed by atoms with Gasteiger partial charge in [-0.2, -0.15) is 0 Å². The van der Waals surface area contributed by atoms with E-state index >= 15 is 0 Å². The first-order valence-corrected chi connectivity index (χ1v) is 19.7. The molecular formula is C52H54N2O. The lowest BCUT2D eigenvalue weighted by Crippen LogP contribution is -2.15. The van der Waals surface area contributed by atoms with E-state index in [9.17, 15) is 5.11 Å². The molecule has 0 spiro atoms. The summed E-state index contributed by atoms with van der Waals surface area (Å²) in [5.41, 5.74) is 16.0. The molecule has 1 N–H and O–H groups in total. The summed E-state index contributed by atoms with van der Waals surface area (Å²) < 4.78 is 0. The molecule has 2 aromatic heterocycles. The van der Waals surface area contributed by atoms with Crippen molar-refractivity contribution in [3.05, 3.63) is 150 Å².